The van der Waals surface area contributed by atoms with Crippen LogP contribution in [-0.4, -0.2) is 7.11 Å². The standard InChI is InChI=1S/C19H17BrClNO/c1-23-16-10-9-15(21)17-13-3-2-4-14(13)18(22-19(16)17)11-5-7-12(20)8-6-11/h2-3,5-10,13-14,18,22H,4H2,1H3/t13-,14+,18-/m1/s1. The summed E-state index contributed by atoms with van der Waals surface area (Å²) in [5, 5.41) is 4.51. The lowest BCUT2D eigenvalue weighted by atomic mass is 9.77. The molecule has 0 aromatic heterocycles. The van der Waals surface area contributed by atoms with E-state index in [0.29, 0.717) is 11.8 Å². The molecule has 1 heterocycles. The Bertz CT molecular complexity index is 772. The Labute approximate surface area is 149 Å². The first-order valence-corrected chi connectivity index (χ1v) is 8.91. The molecule has 0 fully saturated rings. The van der Waals surface area contributed by atoms with E-state index in [4.69, 9.17) is 16.3 Å². The number of rotatable bonds is 2. The van der Waals surface area contributed by atoms with Crippen molar-refractivity contribution in [2.75, 3.05) is 12.4 Å². The Hall–Kier alpha value is -1.45. The molecule has 0 spiro atoms. The zero-order chi connectivity index (χ0) is 16.0. The number of halogens is 2. The van der Waals surface area contributed by atoms with Crippen molar-refractivity contribution < 1.29 is 4.74 Å². The van der Waals surface area contributed by atoms with Crippen LogP contribution in [-0.2, 0) is 0 Å². The normalized spacial score (nSPS) is 24.7. The van der Waals surface area contributed by atoms with Gasteiger partial charge in [0.2, 0.25) is 0 Å². The molecule has 0 saturated carbocycles. The van der Waals surface area contributed by atoms with Gasteiger partial charge in [-0.2, -0.15) is 0 Å². The first kappa shape index (κ1) is 15.1. The number of hydrogen-bond donors (Lipinski definition) is 1. The summed E-state index contributed by atoms with van der Waals surface area (Å²) in [6.07, 6.45) is 5.63. The van der Waals surface area contributed by atoms with Crippen LogP contribution in [0.2, 0.25) is 5.02 Å². The Balaban J connectivity index is 1.84. The van der Waals surface area contributed by atoms with Gasteiger partial charge in [-0.3, -0.25) is 0 Å². The van der Waals surface area contributed by atoms with Crippen LogP contribution in [0.15, 0.2) is 53.0 Å². The predicted molar refractivity (Wildman–Crippen MR) is 98.5 cm³/mol. The van der Waals surface area contributed by atoms with E-state index in [2.05, 4.69) is 57.7 Å². The van der Waals surface area contributed by atoms with Gasteiger partial charge >= 0.3 is 0 Å². The predicted octanol–water partition coefficient (Wildman–Crippen LogP) is 5.94. The van der Waals surface area contributed by atoms with Crippen molar-refractivity contribution in [2.45, 2.75) is 18.4 Å². The second-order valence-corrected chi connectivity index (χ2v) is 7.39. The molecule has 2 aromatic rings. The van der Waals surface area contributed by atoms with Gasteiger partial charge in [-0.15, -0.1) is 0 Å². The van der Waals surface area contributed by atoms with E-state index < -0.39 is 0 Å². The molecule has 1 aliphatic heterocycles. The number of benzene rings is 2. The largest absolute Gasteiger partial charge is 0.495 e. The van der Waals surface area contributed by atoms with Gasteiger partial charge in [0.15, 0.2) is 0 Å². The van der Waals surface area contributed by atoms with E-state index in [1.165, 1.54) is 5.56 Å². The Morgan fingerprint density at radius 1 is 1.17 bits per heavy atom. The van der Waals surface area contributed by atoms with Gasteiger partial charge in [0.1, 0.15) is 5.75 Å². The fraction of sp³-hybridized carbons (Fsp3) is 0.263. The molecule has 1 aliphatic carbocycles. The van der Waals surface area contributed by atoms with Crippen LogP contribution in [0, 0.1) is 5.92 Å². The van der Waals surface area contributed by atoms with Crippen LogP contribution in [0.25, 0.3) is 0 Å². The van der Waals surface area contributed by atoms with E-state index in [1.54, 1.807) is 7.11 Å². The molecule has 118 valence electrons. The average molecular weight is 391 g/mol. The lowest BCUT2D eigenvalue weighted by molar-refractivity contribution is 0.397. The SMILES string of the molecule is COc1ccc(Cl)c2c1N[C@H](c1ccc(Br)cc1)[C@H]1CC=C[C@@H]21. The molecule has 0 saturated heterocycles. The molecule has 2 nitrogen and oxygen atoms in total. The van der Waals surface area contributed by atoms with Gasteiger partial charge in [-0.1, -0.05) is 51.8 Å². The van der Waals surface area contributed by atoms with Crippen LogP contribution < -0.4 is 10.1 Å². The Morgan fingerprint density at radius 3 is 2.70 bits per heavy atom. The van der Waals surface area contributed by atoms with Crippen LogP contribution in [0.5, 0.6) is 5.75 Å². The average Bonchev–Trinajstić information content (AvgIpc) is 3.04. The summed E-state index contributed by atoms with van der Waals surface area (Å²) < 4.78 is 6.66. The molecule has 3 atom stereocenters. The number of fused-ring (bicyclic) bond motifs is 3. The highest BCUT2D eigenvalue weighted by molar-refractivity contribution is 9.10. The molecule has 0 amide bonds. The minimum atomic E-state index is 0.253. The third-order valence-corrected chi connectivity index (χ3v) is 5.74. The highest BCUT2D eigenvalue weighted by atomic mass is 79.9. The summed E-state index contributed by atoms with van der Waals surface area (Å²) in [6, 6.07) is 12.7. The lowest BCUT2D eigenvalue weighted by Gasteiger charge is -2.38. The summed E-state index contributed by atoms with van der Waals surface area (Å²) in [7, 11) is 1.70. The minimum absolute atomic E-state index is 0.253. The number of ether oxygens (including phenoxy) is 1. The smallest absolute Gasteiger partial charge is 0.142 e. The van der Waals surface area contributed by atoms with Gasteiger partial charge in [-0.05, 0) is 42.2 Å². The van der Waals surface area contributed by atoms with Crippen molar-refractivity contribution in [3.63, 3.8) is 0 Å². The van der Waals surface area contributed by atoms with Crippen molar-refractivity contribution in [1.82, 2.24) is 0 Å². The van der Waals surface area contributed by atoms with Crippen molar-refractivity contribution in [1.29, 1.82) is 0 Å². The highest BCUT2D eigenvalue weighted by Gasteiger charge is 2.40. The maximum atomic E-state index is 6.52. The molecule has 1 N–H and O–H groups in total. The zero-order valence-electron chi connectivity index (χ0n) is 12.7. The van der Waals surface area contributed by atoms with E-state index >= 15 is 0 Å². The third-order valence-electron chi connectivity index (χ3n) is 4.88. The van der Waals surface area contributed by atoms with Gasteiger partial charge in [0, 0.05) is 21.0 Å². The van der Waals surface area contributed by atoms with E-state index in [0.717, 1.165) is 32.9 Å². The molecule has 2 aromatic carbocycles. The van der Waals surface area contributed by atoms with E-state index in [-0.39, 0.29) is 6.04 Å². The van der Waals surface area contributed by atoms with Crippen molar-refractivity contribution in [3.8, 4) is 5.75 Å². The molecule has 2 aliphatic rings. The number of methoxy groups -OCH3 is 1. The van der Waals surface area contributed by atoms with Crippen LogP contribution in [0.3, 0.4) is 0 Å². The van der Waals surface area contributed by atoms with E-state index in [1.807, 2.05) is 12.1 Å². The summed E-state index contributed by atoms with van der Waals surface area (Å²) in [6.45, 7) is 0. The number of allylic oxidation sites excluding steroid dienone is 2. The van der Waals surface area contributed by atoms with Crippen molar-refractivity contribution in [2.24, 2.45) is 5.92 Å². The van der Waals surface area contributed by atoms with Crippen LogP contribution >= 0.6 is 27.5 Å². The molecule has 0 bridgehead atoms. The van der Waals surface area contributed by atoms with E-state index in [9.17, 15) is 0 Å². The minimum Gasteiger partial charge on any atom is -0.495 e. The quantitative estimate of drug-likeness (QED) is 0.641. The van der Waals surface area contributed by atoms with Crippen molar-refractivity contribution >= 4 is 33.2 Å². The molecule has 0 radical (unpaired) electrons. The first-order valence-electron chi connectivity index (χ1n) is 7.74. The first-order chi connectivity index (χ1) is 11.2. The Morgan fingerprint density at radius 2 is 1.96 bits per heavy atom. The Kier molecular flexibility index (Phi) is 3.86. The monoisotopic (exact) mass is 389 g/mol. The maximum absolute atomic E-state index is 6.52. The van der Waals surface area contributed by atoms with Crippen LogP contribution in [0.1, 0.15) is 29.5 Å². The van der Waals surface area contributed by atoms with Crippen molar-refractivity contribution in [3.05, 3.63) is 69.2 Å². The van der Waals surface area contributed by atoms with Crippen LogP contribution in [0.4, 0.5) is 5.69 Å². The van der Waals surface area contributed by atoms with Gasteiger partial charge in [-0.25, -0.2) is 0 Å². The number of hydrogen-bond acceptors (Lipinski definition) is 2. The summed E-state index contributed by atoms with van der Waals surface area (Å²) in [5.41, 5.74) is 3.48. The molecule has 0 unspecified atom stereocenters. The maximum Gasteiger partial charge on any atom is 0.142 e. The molecular weight excluding hydrogens is 374 g/mol. The summed E-state index contributed by atoms with van der Waals surface area (Å²) >= 11 is 10.0. The second-order valence-electron chi connectivity index (χ2n) is 6.07. The fourth-order valence-electron chi connectivity index (χ4n) is 3.81. The van der Waals surface area contributed by atoms with Gasteiger partial charge in [0.25, 0.3) is 0 Å². The number of anilines is 1. The molecular formula is C19H17BrClNO. The number of nitrogens with one attached hydrogen (secondary N) is 1. The fourth-order valence-corrected chi connectivity index (χ4v) is 4.36. The lowest BCUT2D eigenvalue weighted by Crippen LogP contribution is -2.29. The molecule has 23 heavy (non-hydrogen) atoms. The highest BCUT2D eigenvalue weighted by Crippen LogP contribution is 2.54. The van der Waals surface area contributed by atoms with Gasteiger partial charge in [0.05, 0.1) is 18.8 Å². The summed E-state index contributed by atoms with van der Waals surface area (Å²) in [5.74, 6) is 1.67. The second kappa shape index (κ2) is 5.88. The summed E-state index contributed by atoms with van der Waals surface area (Å²) in [4.78, 5) is 0. The molecule has 4 rings (SSSR count). The van der Waals surface area contributed by atoms with Gasteiger partial charge < -0.3 is 10.1 Å². The molecule has 4 heteroatoms. The zero-order valence-corrected chi connectivity index (χ0v) is 15.1. The third kappa shape index (κ3) is 2.47. The topological polar surface area (TPSA) is 21.3 Å².